The second-order valence-corrected chi connectivity index (χ2v) is 4.91. The van der Waals surface area contributed by atoms with Gasteiger partial charge in [-0.15, -0.1) is 0 Å². The number of rotatable bonds is 16. The van der Waals surface area contributed by atoms with Gasteiger partial charge in [0.2, 0.25) is 0 Å². The standard InChI is InChI=1S/C17H26N2O7/c1-3-22-6-7-23-8-9-24-10-11-25-12-13-26-17-14-15(19(20)21)4-5-16(17)18-2/h3-5,14,18H,1,6-13H2,2H3. The summed E-state index contributed by atoms with van der Waals surface area (Å²) in [5.41, 5.74) is 0.656. The van der Waals surface area contributed by atoms with Gasteiger partial charge in [0.05, 0.1) is 62.6 Å². The third-order valence-electron chi connectivity index (χ3n) is 3.14. The summed E-state index contributed by atoms with van der Waals surface area (Å²) >= 11 is 0. The van der Waals surface area contributed by atoms with E-state index in [1.807, 2.05) is 0 Å². The van der Waals surface area contributed by atoms with Crippen LogP contribution < -0.4 is 10.1 Å². The summed E-state index contributed by atoms with van der Waals surface area (Å²) in [6, 6.07) is 4.41. The number of hydrogen-bond acceptors (Lipinski definition) is 8. The smallest absolute Gasteiger partial charge is 0.273 e. The first-order chi connectivity index (χ1) is 12.7. The van der Waals surface area contributed by atoms with Crippen LogP contribution in [0.25, 0.3) is 0 Å². The Morgan fingerprint density at radius 1 is 1.04 bits per heavy atom. The van der Waals surface area contributed by atoms with E-state index in [9.17, 15) is 10.1 Å². The van der Waals surface area contributed by atoms with Crippen molar-refractivity contribution in [2.45, 2.75) is 0 Å². The first kappa shape index (κ1) is 21.7. The van der Waals surface area contributed by atoms with Crippen LogP contribution in [0.2, 0.25) is 0 Å². The predicted molar refractivity (Wildman–Crippen MR) is 96.7 cm³/mol. The third-order valence-corrected chi connectivity index (χ3v) is 3.14. The number of ether oxygens (including phenoxy) is 5. The average Bonchev–Trinajstić information content (AvgIpc) is 2.65. The minimum absolute atomic E-state index is 0.0217. The summed E-state index contributed by atoms with van der Waals surface area (Å²) in [6.07, 6.45) is 1.37. The Kier molecular flexibility index (Phi) is 11.6. The minimum atomic E-state index is -0.462. The van der Waals surface area contributed by atoms with Gasteiger partial charge in [0.15, 0.2) is 0 Å². The van der Waals surface area contributed by atoms with Gasteiger partial charge < -0.3 is 29.0 Å². The largest absolute Gasteiger partial charge is 0.499 e. The van der Waals surface area contributed by atoms with Crippen LogP contribution >= 0.6 is 0 Å². The van der Waals surface area contributed by atoms with Crippen LogP contribution in [0.1, 0.15) is 0 Å². The molecule has 0 unspecified atom stereocenters. The maximum Gasteiger partial charge on any atom is 0.273 e. The van der Waals surface area contributed by atoms with Crippen molar-refractivity contribution in [1.29, 1.82) is 0 Å². The molecule has 0 spiro atoms. The van der Waals surface area contributed by atoms with Crippen molar-refractivity contribution >= 4 is 11.4 Å². The maximum atomic E-state index is 10.8. The van der Waals surface area contributed by atoms with E-state index in [1.54, 1.807) is 13.1 Å². The van der Waals surface area contributed by atoms with Crippen molar-refractivity contribution in [3.63, 3.8) is 0 Å². The molecule has 0 fully saturated rings. The van der Waals surface area contributed by atoms with E-state index in [2.05, 4.69) is 11.9 Å². The Balaban J connectivity index is 2.06. The average molecular weight is 370 g/mol. The highest BCUT2D eigenvalue weighted by molar-refractivity contribution is 5.60. The second-order valence-electron chi connectivity index (χ2n) is 4.91. The first-order valence-corrected chi connectivity index (χ1v) is 8.23. The topological polar surface area (TPSA) is 101 Å². The fourth-order valence-corrected chi connectivity index (χ4v) is 1.89. The Morgan fingerprint density at radius 3 is 2.15 bits per heavy atom. The summed E-state index contributed by atoms with van der Waals surface area (Å²) in [7, 11) is 1.72. The van der Waals surface area contributed by atoms with Crippen molar-refractivity contribution in [2.75, 3.05) is 65.2 Å². The van der Waals surface area contributed by atoms with E-state index in [0.29, 0.717) is 57.7 Å². The SMILES string of the molecule is C=COCCOCCOCCOCCOc1cc([N+](=O)[O-])ccc1NC. The van der Waals surface area contributed by atoms with Crippen LogP contribution in [0, 0.1) is 10.1 Å². The number of non-ortho nitro benzene ring substituents is 1. The molecule has 0 aliphatic carbocycles. The summed E-state index contributed by atoms with van der Waals surface area (Å²) in [4.78, 5) is 10.4. The molecule has 0 aliphatic rings. The zero-order valence-corrected chi connectivity index (χ0v) is 15.0. The number of nitrogens with zero attached hydrogens (tertiary/aromatic N) is 1. The van der Waals surface area contributed by atoms with E-state index in [-0.39, 0.29) is 12.3 Å². The minimum Gasteiger partial charge on any atom is -0.499 e. The number of hydrogen-bond donors (Lipinski definition) is 1. The third kappa shape index (κ3) is 9.21. The molecule has 9 nitrogen and oxygen atoms in total. The van der Waals surface area contributed by atoms with Crippen molar-refractivity contribution in [2.24, 2.45) is 0 Å². The number of anilines is 1. The molecular weight excluding hydrogens is 344 g/mol. The molecule has 0 atom stereocenters. The highest BCUT2D eigenvalue weighted by Crippen LogP contribution is 2.28. The molecule has 9 heteroatoms. The fraction of sp³-hybridized carbons (Fsp3) is 0.529. The molecule has 0 aromatic heterocycles. The summed E-state index contributed by atoms with van der Waals surface area (Å²) in [5.74, 6) is 0.416. The second kappa shape index (κ2) is 13.9. The molecule has 0 saturated heterocycles. The van der Waals surface area contributed by atoms with Gasteiger partial charge in [0, 0.05) is 13.1 Å². The first-order valence-electron chi connectivity index (χ1n) is 8.23. The van der Waals surface area contributed by atoms with Crippen LogP contribution in [0.5, 0.6) is 5.75 Å². The molecule has 0 saturated carbocycles. The van der Waals surface area contributed by atoms with Crippen LogP contribution in [0.3, 0.4) is 0 Å². The zero-order chi connectivity index (χ0) is 19.0. The van der Waals surface area contributed by atoms with E-state index in [4.69, 9.17) is 23.7 Å². The van der Waals surface area contributed by atoms with E-state index >= 15 is 0 Å². The molecule has 0 heterocycles. The monoisotopic (exact) mass is 370 g/mol. The lowest BCUT2D eigenvalue weighted by atomic mass is 10.2. The van der Waals surface area contributed by atoms with Crippen molar-refractivity contribution in [3.8, 4) is 5.75 Å². The molecule has 1 N–H and O–H groups in total. The highest BCUT2D eigenvalue weighted by Gasteiger charge is 2.11. The Morgan fingerprint density at radius 2 is 1.62 bits per heavy atom. The number of nitro benzene ring substituents is 1. The fourth-order valence-electron chi connectivity index (χ4n) is 1.89. The quantitative estimate of drug-likeness (QED) is 0.205. The van der Waals surface area contributed by atoms with Gasteiger partial charge in [-0.05, 0) is 6.07 Å². The molecular formula is C17H26N2O7. The van der Waals surface area contributed by atoms with Gasteiger partial charge in [-0.2, -0.15) is 0 Å². The number of nitrogens with one attached hydrogen (secondary N) is 1. The molecule has 1 aromatic carbocycles. The van der Waals surface area contributed by atoms with E-state index < -0.39 is 4.92 Å². The van der Waals surface area contributed by atoms with Crippen LogP contribution in [0.4, 0.5) is 11.4 Å². The van der Waals surface area contributed by atoms with Gasteiger partial charge in [-0.3, -0.25) is 10.1 Å². The summed E-state index contributed by atoms with van der Waals surface area (Å²) < 4.78 is 26.5. The Bertz CT molecular complexity index is 540. The van der Waals surface area contributed by atoms with Crippen LogP contribution in [0.15, 0.2) is 31.0 Å². The molecule has 146 valence electrons. The van der Waals surface area contributed by atoms with Gasteiger partial charge in [0.25, 0.3) is 5.69 Å². The molecule has 1 rings (SSSR count). The van der Waals surface area contributed by atoms with Crippen LogP contribution in [-0.4, -0.2) is 64.8 Å². The highest BCUT2D eigenvalue weighted by atomic mass is 16.6. The van der Waals surface area contributed by atoms with E-state index in [0.717, 1.165) is 0 Å². The summed E-state index contributed by atoms with van der Waals surface area (Å²) in [6.45, 7) is 6.88. The molecule has 0 radical (unpaired) electrons. The van der Waals surface area contributed by atoms with Gasteiger partial charge >= 0.3 is 0 Å². The maximum absolute atomic E-state index is 10.8. The normalized spacial score (nSPS) is 10.3. The number of benzene rings is 1. The Hall–Kier alpha value is -2.36. The molecule has 0 bridgehead atoms. The Labute approximate surface area is 153 Å². The van der Waals surface area contributed by atoms with Crippen LogP contribution in [-0.2, 0) is 18.9 Å². The lowest BCUT2D eigenvalue weighted by Gasteiger charge is -2.11. The van der Waals surface area contributed by atoms with Gasteiger partial charge in [0.1, 0.15) is 19.0 Å². The van der Waals surface area contributed by atoms with Crippen molar-refractivity contribution < 1.29 is 28.6 Å². The molecule has 0 aliphatic heterocycles. The zero-order valence-electron chi connectivity index (χ0n) is 15.0. The van der Waals surface area contributed by atoms with E-state index in [1.165, 1.54) is 18.4 Å². The predicted octanol–water partition coefficient (Wildman–Crippen LogP) is 2.23. The van der Waals surface area contributed by atoms with Gasteiger partial charge in [-0.1, -0.05) is 6.58 Å². The molecule has 1 aromatic rings. The lowest BCUT2D eigenvalue weighted by Crippen LogP contribution is -2.13. The summed E-state index contributed by atoms with van der Waals surface area (Å²) in [5, 5.41) is 13.7. The lowest BCUT2D eigenvalue weighted by molar-refractivity contribution is -0.384. The number of nitro groups is 1. The molecule has 0 amide bonds. The van der Waals surface area contributed by atoms with Crippen molar-refractivity contribution in [1.82, 2.24) is 0 Å². The van der Waals surface area contributed by atoms with Gasteiger partial charge in [-0.25, -0.2) is 0 Å². The van der Waals surface area contributed by atoms with Crippen molar-refractivity contribution in [3.05, 3.63) is 41.2 Å². The molecule has 26 heavy (non-hydrogen) atoms.